The molecule has 0 aromatic carbocycles. The first kappa shape index (κ1) is 12.8. The van der Waals surface area contributed by atoms with Gasteiger partial charge in [-0.3, -0.25) is 4.79 Å². The number of hydrogen-bond donors (Lipinski definition) is 1. The lowest BCUT2D eigenvalue weighted by atomic mass is 10.1. The van der Waals surface area contributed by atoms with Crippen LogP contribution in [0.3, 0.4) is 0 Å². The van der Waals surface area contributed by atoms with E-state index in [1.807, 2.05) is 4.90 Å². The van der Waals surface area contributed by atoms with E-state index in [9.17, 15) is 4.79 Å². The van der Waals surface area contributed by atoms with Gasteiger partial charge in [-0.15, -0.1) is 0 Å². The normalized spacial score (nSPS) is 19.8. The number of morpholine rings is 1. The Bertz CT molecular complexity index is 403. The van der Waals surface area contributed by atoms with Gasteiger partial charge in [0.05, 0.1) is 18.3 Å². The van der Waals surface area contributed by atoms with Crippen LogP contribution in [0.1, 0.15) is 30.1 Å². The van der Waals surface area contributed by atoms with E-state index in [4.69, 9.17) is 10.5 Å². The highest BCUT2D eigenvalue weighted by Crippen LogP contribution is 2.13. The van der Waals surface area contributed by atoms with Crippen LogP contribution in [0.4, 0.5) is 5.82 Å². The number of nitrogens with two attached hydrogens (primary N) is 1. The molecule has 98 valence electrons. The standard InChI is InChI=1S/C13H19N3O2/c1-2-3-11-9-16(6-7-18-11)13(17)10-4-5-12(14)15-8-10/h4-5,8,11H,2-3,6-7,9H2,1H3,(H2,14,15). The Kier molecular flexibility index (Phi) is 4.15. The number of hydrogen-bond acceptors (Lipinski definition) is 4. The Balaban J connectivity index is 2.02. The van der Waals surface area contributed by atoms with Gasteiger partial charge in [0.1, 0.15) is 5.82 Å². The maximum absolute atomic E-state index is 12.3. The van der Waals surface area contributed by atoms with Crippen LogP contribution in [0.5, 0.6) is 0 Å². The van der Waals surface area contributed by atoms with Crippen LogP contribution < -0.4 is 5.73 Å². The Labute approximate surface area is 107 Å². The summed E-state index contributed by atoms with van der Waals surface area (Å²) in [5.74, 6) is 0.435. The third kappa shape index (κ3) is 2.98. The van der Waals surface area contributed by atoms with Gasteiger partial charge in [-0.1, -0.05) is 13.3 Å². The van der Waals surface area contributed by atoms with Crippen LogP contribution >= 0.6 is 0 Å². The smallest absolute Gasteiger partial charge is 0.255 e. The van der Waals surface area contributed by atoms with Crippen molar-refractivity contribution in [2.45, 2.75) is 25.9 Å². The second-order valence-electron chi connectivity index (χ2n) is 4.50. The number of pyridine rings is 1. The zero-order chi connectivity index (χ0) is 13.0. The molecule has 1 unspecified atom stereocenters. The van der Waals surface area contributed by atoms with Crippen LogP contribution in [0, 0.1) is 0 Å². The summed E-state index contributed by atoms with van der Waals surface area (Å²) < 4.78 is 5.62. The first-order chi connectivity index (χ1) is 8.70. The number of carbonyl (C=O) groups is 1. The average Bonchev–Trinajstić information content (AvgIpc) is 2.39. The monoisotopic (exact) mass is 249 g/mol. The molecule has 0 spiro atoms. The molecule has 1 saturated heterocycles. The molecule has 2 heterocycles. The van der Waals surface area contributed by atoms with Crippen molar-refractivity contribution in [2.24, 2.45) is 0 Å². The SMILES string of the molecule is CCCC1CN(C(=O)c2ccc(N)nc2)CCO1. The number of rotatable bonds is 3. The Morgan fingerprint density at radius 3 is 3.11 bits per heavy atom. The number of ether oxygens (including phenoxy) is 1. The van der Waals surface area contributed by atoms with Crippen molar-refractivity contribution >= 4 is 11.7 Å². The molecule has 0 bridgehead atoms. The molecule has 18 heavy (non-hydrogen) atoms. The van der Waals surface area contributed by atoms with Crippen molar-refractivity contribution in [3.05, 3.63) is 23.9 Å². The molecule has 1 aromatic heterocycles. The maximum Gasteiger partial charge on any atom is 0.255 e. The highest BCUT2D eigenvalue weighted by atomic mass is 16.5. The second kappa shape index (κ2) is 5.82. The summed E-state index contributed by atoms with van der Waals surface area (Å²) in [6.07, 6.45) is 3.75. The van der Waals surface area contributed by atoms with E-state index < -0.39 is 0 Å². The van der Waals surface area contributed by atoms with Gasteiger partial charge in [0.2, 0.25) is 0 Å². The largest absolute Gasteiger partial charge is 0.384 e. The average molecular weight is 249 g/mol. The van der Waals surface area contributed by atoms with Gasteiger partial charge in [0.15, 0.2) is 0 Å². The molecule has 1 atom stereocenters. The summed E-state index contributed by atoms with van der Waals surface area (Å²) in [7, 11) is 0. The van der Waals surface area contributed by atoms with Gasteiger partial charge < -0.3 is 15.4 Å². The summed E-state index contributed by atoms with van der Waals surface area (Å²) in [5, 5.41) is 0. The lowest BCUT2D eigenvalue weighted by Crippen LogP contribution is -2.45. The van der Waals surface area contributed by atoms with Crippen LogP contribution in [0.25, 0.3) is 0 Å². The van der Waals surface area contributed by atoms with Crippen molar-refractivity contribution in [1.29, 1.82) is 0 Å². The lowest BCUT2D eigenvalue weighted by molar-refractivity contribution is -0.0250. The summed E-state index contributed by atoms with van der Waals surface area (Å²) in [5.41, 5.74) is 6.10. The number of amides is 1. The Hall–Kier alpha value is -1.62. The fourth-order valence-electron chi connectivity index (χ4n) is 2.11. The molecule has 1 aromatic rings. The van der Waals surface area contributed by atoms with Crippen LogP contribution in [0.15, 0.2) is 18.3 Å². The van der Waals surface area contributed by atoms with Gasteiger partial charge in [0.25, 0.3) is 5.91 Å². The summed E-state index contributed by atoms with van der Waals surface area (Å²) >= 11 is 0. The minimum absolute atomic E-state index is 0.00639. The van der Waals surface area contributed by atoms with E-state index in [0.717, 1.165) is 12.8 Å². The molecule has 0 saturated carbocycles. The lowest BCUT2D eigenvalue weighted by Gasteiger charge is -2.32. The molecule has 1 aliphatic rings. The van der Waals surface area contributed by atoms with Gasteiger partial charge >= 0.3 is 0 Å². The third-order valence-electron chi connectivity index (χ3n) is 3.07. The van der Waals surface area contributed by atoms with E-state index in [1.54, 1.807) is 12.1 Å². The highest BCUT2D eigenvalue weighted by Gasteiger charge is 2.24. The molecule has 2 N–H and O–H groups in total. The number of anilines is 1. The Morgan fingerprint density at radius 1 is 1.61 bits per heavy atom. The number of nitrogens with zero attached hydrogens (tertiary/aromatic N) is 2. The van der Waals surface area contributed by atoms with E-state index in [2.05, 4.69) is 11.9 Å². The topological polar surface area (TPSA) is 68.5 Å². The quantitative estimate of drug-likeness (QED) is 0.876. The fourth-order valence-corrected chi connectivity index (χ4v) is 2.11. The molecule has 0 aliphatic carbocycles. The first-order valence-corrected chi connectivity index (χ1v) is 6.33. The van der Waals surface area contributed by atoms with Crippen molar-refractivity contribution in [3.63, 3.8) is 0 Å². The number of nitrogen functional groups attached to an aromatic ring is 1. The second-order valence-corrected chi connectivity index (χ2v) is 4.50. The van der Waals surface area contributed by atoms with Crippen molar-refractivity contribution in [1.82, 2.24) is 9.88 Å². The number of aromatic nitrogens is 1. The zero-order valence-corrected chi connectivity index (χ0v) is 10.6. The van der Waals surface area contributed by atoms with Gasteiger partial charge in [-0.05, 0) is 18.6 Å². The third-order valence-corrected chi connectivity index (χ3v) is 3.07. The summed E-state index contributed by atoms with van der Waals surface area (Å²) in [4.78, 5) is 18.0. The highest BCUT2D eigenvalue weighted by molar-refractivity contribution is 5.94. The molecule has 5 heteroatoms. The molecular weight excluding hydrogens is 230 g/mol. The minimum atomic E-state index is 0.00639. The predicted molar refractivity (Wildman–Crippen MR) is 69.2 cm³/mol. The fraction of sp³-hybridized carbons (Fsp3) is 0.538. The summed E-state index contributed by atoms with van der Waals surface area (Å²) in [6.45, 7) is 4.04. The van der Waals surface area contributed by atoms with E-state index >= 15 is 0 Å². The van der Waals surface area contributed by atoms with E-state index in [1.165, 1.54) is 6.20 Å². The molecule has 1 amide bonds. The van der Waals surface area contributed by atoms with Crippen LogP contribution in [-0.2, 0) is 4.74 Å². The minimum Gasteiger partial charge on any atom is -0.384 e. The molecule has 5 nitrogen and oxygen atoms in total. The van der Waals surface area contributed by atoms with Crippen molar-refractivity contribution < 1.29 is 9.53 Å². The summed E-state index contributed by atoms with van der Waals surface area (Å²) in [6, 6.07) is 3.37. The van der Waals surface area contributed by atoms with E-state index in [-0.39, 0.29) is 12.0 Å². The van der Waals surface area contributed by atoms with Gasteiger partial charge in [-0.25, -0.2) is 4.98 Å². The van der Waals surface area contributed by atoms with Crippen molar-refractivity contribution in [2.75, 3.05) is 25.4 Å². The molecule has 1 fully saturated rings. The van der Waals surface area contributed by atoms with Gasteiger partial charge in [-0.2, -0.15) is 0 Å². The molecule has 1 aliphatic heterocycles. The maximum atomic E-state index is 12.3. The van der Waals surface area contributed by atoms with Crippen LogP contribution in [-0.4, -0.2) is 41.6 Å². The molecular formula is C13H19N3O2. The van der Waals surface area contributed by atoms with Crippen molar-refractivity contribution in [3.8, 4) is 0 Å². The molecule has 0 radical (unpaired) electrons. The molecule has 2 rings (SSSR count). The predicted octanol–water partition coefficient (Wildman–Crippen LogP) is 1.30. The Morgan fingerprint density at radius 2 is 2.44 bits per heavy atom. The number of carbonyl (C=O) groups excluding carboxylic acids is 1. The van der Waals surface area contributed by atoms with Gasteiger partial charge in [0, 0.05) is 19.3 Å². The van der Waals surface area contributed by atoms with Crippen LogP contribution in [0.2, 0.25) is 0 Å². The van der Waals surface area contributed by atoms with E-state index in [0.29, 0.717) is 31.1 Å². The first-order valence-electron chi connectivity index (χ1n) is 6.33. The zero-order valence-electron chi connectivity index (χ0n) is 10.6.